The Morgan fingerprint density at radius 3 is 2.42 bits per heavy atom. The summed E-state index contributed by atoms with van der Waals surface area (Å²) in [5.41, 5.74) is 3.25. The number of anilines is 1. The summed E-state index contributed by atoms with van der Waals surface area (Å²) in [5, 5.41) is 14.3. The molecule has 1 atom stereocenters. The third kappa shape index (κ3) is 3.35. The Hall–Kier alpha value is -1.81. The van der Waals surface area contributed by atoms with Crippen LogP contribution in [0.2, 0.25) is 0 Å². The van der Waals surface area contributed by atoms with Crippen molar-refractivity contribution in [2.24, 2.45) is 7.05 Å². The molecule has 0 saturated heterocycles. The molecule has 4 heteroatoms. The number of hydrogen-bond acceptors (Lipinski definition) is 3. The first-order valence-electron chi connectivity index (χ1n) is 6.50. The van der Waals surface area contributed by atoms with Gasteiger partial charge in [0.2, 0.25) is 0 Å². The SMILES string of the molecule is CN(C)c1ccc(C(O)CCc2ccnn2C)cc1. The van der Waals surface area contributed by atoms with E-state index in [1.165, 1.54) is 0 Å². The molecular weight excluding hydrogens is 238 g/mol. The summed E-state index contributed by atoms with van der Waals surface area (Å²) in [6.07, 6.45) is 2.90. The van der Waals surface area contributed by atoms with Gasteiger partial charge in [-0.3, -0.25) is 4.68 Å². The molecule has 1 aromatic heterocycles. The maximum absolute atomic E-state index is 10.2. The van der Waals surface area contributed by atoms with E-state index in [1.807, 2.05) is 61.1 Å². The lowest BCUT2D eigenvalue weighted by Crippen LogP contribution is -2.09. The van der Waals surface area contributed by atoms with E-state index >= 15 is 0 Å². The van der Waals surface area contributed by atoms with Crippen LogP contribution in [0.25, 0.3) is 0 Å². The summed E-state index contributed by atoms with van der Waals surface area (Å²) >= 11 is 0. The second-order valence-electron chi connectivity index (χ2n) is 4.99. The molecule has 1 heterocycles. The monoisotopic (exact) mass is 259 g/mol. The van der Waals surface area contributed by atoms with Gasteiger partial charge in [0.05, 0.1) is 6.10 Å². The largest absolute Gasteiger partial charge is 0.388 e. The Balaban J connectivity index is 1.96. The van der Waals surface area contributed by atoms with E-state index in [-0.39, 0.29) is 0 Å². The molecule has 0 aliphatic carbocycles. The molecule has 0 aliphatic heterocycles. The highest BCUT2D eigenvalue weighted by molar-refractivity contribution is 5.46. The normalized spacial score (nSPS) is 12.4. The van der Waals surface area contributed by atoms with Crippen molar-refractivity contribution >= 4 is 5.69 Å². The Kier molecular flexibility index (Phi) is 4.22. The summed E-state index contributed by atoms with van der Waals surface area (Å²) in [6, 6.07) is 10.0. The molecule has 102 valence electrons. The van der Waals surface area contributed by atoms with Gasteiger partial charge in [-0.15, -0.1) is 0 Å². The fraction of sp³-hybridized carbons (Fsp3) is 0.400. The van der Waals surface area contributed by atoms with Gasteiger partial charge in [0.25, 0.3) is 0 Å². The molecule has 1 aromatic carbocycles. The Morgan fingerprint density at radius 1 is 1.21 bits per heavy atom. The van der Waals surface area contributed by atoms with Crippen LogP contribution in [-0.4, -0.2) is 29.0 Å². The van der Waals surface area contributed by atoms with Crippen LogP contribution in [0.4, 0.5) is 5.69 Å². The third-order valence-electron chi connectivity index (χ3n) is 3.39. The van der Waals surface area contributed by atoms with E-state index in [4.69, 9.17) is 0 Å². The van der Waals surface area contributed by atoms with E-state index in [1.54, 1.807) is 6.20 Å². The minimum absolute atomic E-state index is 0.425. The van der Waals surface area contributed by atoms with Crippen LogP contribution in [0.5, 0.6) is 0 Å². The minimum Gasteiger partial charge on any atom is -0.388 e. The van der Waals surface area contributed by atoms with Gasteiger partial charge in [0.1, 0.15) is 0 Å². The summed E-state index contributed by atoms with van der Waals surface area (Å²) in [7, 11) is 5.94. The number of aromatic nitrogens is 2. The van der Waals surface area contributed by atoms with Crippen LogP contribution in [0, 0.1) is 0 Å². The van der Waals surface area contributed by atoms with Crippen molar-refractivity contribution in [2.45, 2.75) is 18.9 Å². The van der Waals surface area contributed by atoms with Crippen LogP contribution in [-0.2, 0) is 13.5 Å². The molecule has 4 nitrogen and oxygen atoms in total. The molecule has 2 rings (SSSR count). The van der Waals surface area contributed by atoms with Gasteiger partial charge in [-0.2, -0.15) is 5.10 Å². The van der Waals surface area contributed by atoms with Crippen LogP contribution in [0.15, 0.2) is 36.5 Å². The van der Waals surface area contributed by atoms with Gasteiger partial charge in [-0.25, -0.2) is 0 Å². The van der Waals surface area contributed by atoms with Gasteiger partial charge in [0, 0.05) is 38.7 Å². The number of aryl methyl sites for hydroxylation is 2. The topological polar surface area (TPSA) is 41.3 Å². The quantitative estimate of drug-likeness (QED) is 0.894. The van der Waals surface area contributed by atoms with Gasteiger partial charge >= 0.3 is 0 Å². The smallest absolute Gasteiger partial charge is 0.0793 e. The minimum atomic E-state index is -0.425. The fourth-order valence-electron chi connectivity index (χ4n) is 2.09. The van der Waals surface area contributed by atoms with E-state index < -0.39 is 6.10 Å². The molecule has 0 spiro atoms. The van der Waals surface area contributed by atoms with E-state index in [0.717, 1.165) is 23.4 Å². The first kappa shape index (κ1) is 13.6. The fourth-order valence-corrected chi connectivity index (χ4v) is 2.09. The number of hydrogen-bond donors (Lipinski definition) is 1. The molecule has 2 aromatic rings. The lowest BCUT2D eigenvalue weighted by atomic mass is 10.0. The van der Waals surface area contributed by atoms with Crippen molar-refractivity contribution in [3.05, 3.63) is 47.8 Å². The summed E-state index contributed by atoms with van der Waals surface area (Å²) < 4.78 is 1.85. The van der Waals surface area contributed by atoms with Crippen LogP contribution < -0.4 is 4.90 Å². The average Bonchev–Trinajstić information content (AvgIpc) is 2.81. The first-order valence-corrected chi connectivity index (χ1v) is 6.50. The Labute approximate surface area is 114 Å². The molecule has 1 unspecified atom stereocenters. The van der Waals surface area contributed by atoms with Crippen molar-refractivity contribution in [1.29, 1.82) is 0 Å². The highest BCUT2D eigenvalue weighted by Gasteiger charge is 2.09. The van der Waals surface area contributed by atoms with E-state index in [2.05, 4.69) is 5.10 Å². The molecule has 0 aliphatic rings. The van der Waals surface area contributed by atoms with Gasteiger partial charge in [0.15, 0.2) is 0 Å². The predicted molar refractivity (Wildman–Crippen MR) is 77.3 cm³/mol. The standard InChI is InChI=1S/C15H21N3O/c1-17(2)13-6-4-12(5-7-13)15(19)9-8-14-10-11-16-18(14)3/h4-7,10-11,15,19H,8-9H2,1-3H3. The van der Waals surface area contributed by atoms with Crippen molar-refractivity contribution < 1.29 is 5.11 Å². The van der Waals surface area contributed by atoms with Gasteiger partial charge in [-0.1, -0.05) is 12.1 Å². The predicted octanol–water partition coefficient (Wildman–Crippen LogP) is 2.15. The van der Waals surface area contributed by atoms with Crippen LogP contribution in [0.3, 0.4) is 0 Å². The number of rotatable bonds is 5. The summed E-state index contributed by atoms with van der Waals surface area (Å²) in [5.74, 6) is 0. The molecule has 0 bridgehead atoms. The highest BCUT2D eigenvalue weighted by Crippen LogP contribution is 2.21. The summed E-state index contributed by atoms with van der Waals surface area (Å²) in [6.45, 7) is 0. The van der Waals surface area contributed by atoms with Crippen molar-refractivity contribution in [1.82, 2.24) is 9.78 Å². The van der Waals surface area contributed by atoms with Crippen molar-refractivity contribution in [3.8, 4) is 0 Å². The number of aliphatic hydroxyl groups is 1. The van der Waals surface area contributed by atoms with E-state index in [0.29, 0.717) is 6.42 Å². The molecular formula is C15H21N3O. The van der Waals surface area contributed by atoms with Crippen LogP contribution >= 0.6 is 0 Å². The Bertz CT molecular complexity index is 516. The number of nitrogens with zero attached hydrogens (tertiary/aromatic N) is 3. The van der Waals surface area contributed by atoms with Crippen molar-refractivity contribution in [2.75, 3.05) is 19.0 Å². The zero-order valence-electron chi connectivity index (χ0n) is 11.7. The average molecular weight is 259 g/mol. The lowest BCUT2D eigenvalue weighted by molar-refractivity contribution is 0.167. The third-order valence-corrected chi connectivity index (χ3v) is 3.39. The zero-order valence-corrected chi connectivity index (χ0v) is 11.7. The number of aliphatic hydroxyl groups excluding tert-OH is 1. The lowest BCUT2D eigenvalue weighted by Gasteiger charge is -2.15. The van der Waals surface area contributed by atoms with Gasteiger partial charge < -0.3 is 10.0 Å². The molecule has 0 fully saturated rings. The van der Waals surface area contributed by atoms with Crippen molar-refractivity contribution in [3.63, 3.8) is 0 Å². The zero-order chi connectivity index (χ0) is 13.8. The second-order valence-corrected chi connectivity index (χ2v) is 4.99. The number of benzene rings is 1. The highest BCUT2D eigenvalue weighted by atomic mass is 16.3. The molecule has 0 radical (unpaired) electrons. The molecule has 0 saturated carbocycles. The van der Waals surface area contributed by atoms with Crippen LogP contribution in [0.1, 0.15) is 23.8 Å². The van der Waals surface area contributed by atoms with E-state index in [9.17, 15) is 5.11 Å². The second kappa shape index (κ2) is 5.89. The summed E-state index contributed by atoms with van der Waals surface area (Å²) in [4.78, 5) is 2.05. The first-order chi connectivity index (χ1) is 9.08. The molecule has 19 heavy (non-hydrogen) atoms. The molecule has 1 N–H and O–H groups in total. The maximum Gasteiger partial charge on any atom is 0.0793 e. The molecule has 0 amide bonds. The van der Waals surface area contributed by atoms with Gasteiger partial charge in [-0.05, 0) is 36.6 Å². The maximum atomic E-state index is 10.2. The Morgan fingerprint density at radius 2 is 1.89 bits per heavy atom.